The van der Waals surface area contributed by atoms with Crippen LogP contribution >= 0.6 is 15.9 Å². The van der Waals surface area contributed by atoms with Crippen LogP contribution in [0.25, 0.3) is 0 Å². The first kappa shape index (κ1) is 12.0. The Morgan fingerprint density at radius 1 is 1.61 bits per heavy atom. The highest BCUT2D eigenvalue weighted by Gasteiger charge is 2.58. The second kappa shape index (κ2) is 3.99. The summed E-state index contributed by atoms with van der Waals surface area (Å²) < 4.78 is 13.5. The number of carbonyl (C=O) groups excluding carboxylic acids is 1. The Bertz CT molecular complexity index is 504. The van der Waals surface area contributed by atoms with Gasteiger partial charge in [-0.25, -0.2) is 9.37 Å². The summed E-state index contributed by atoms with van der Waals surface area (Å²) in [5.74, 6) is -0.339. The van der Waals surface area contributed by atoms with Crippen LogP contribution < -0.4 is 10.6 Å². The predicted molar refractivity (Wildman–Crippen MR) is 68.6 cm³/mol. The molecule has 3 atom stereocenters. The minimum Gasteiger partial charge on any atom is -0.309 e. The number of amides is 1. The highest BCUT2D eigenvalue weighted by molar-refractivity contribution is 9.10. The number of aromatic nitrogens is 1. The molecule has 3 rings (SSSR count). The molecule has 4 nitrogen and oxygen atoms in total. The summed E-state index contributed by atoms with van der Waals surface area (Å²) >= 11 is 3.09. The third kappa shape index (κ3) is 2.14. The number of halogens is 2. The number of carbonyl (C=O) groups is 1. The molecule has 2 N–H and O–H groups in total. The molecule has 96 valence electrons. The Labute approximate surface area is 112 Å². The van der Waals surface area contributed by atoms with Crippen molar-refractivity contribution in [2.24, 2.45) is 5.41 Å². The molecule has 2 aliphatic rings. The number of anilines is 1. The van der Waals surface area contributed by atoms with E-state index in [1.54, 1.807) is 0 Å². The zero-order valence-electron chi connectivity index (χ0n) is 9.84. The van der Waals surface area contributed by atoms with Crippen LogP contribution in [0.1, 0.15) is 19.8 Å². The van der Waals surface area contributed by atoms with Gasteiger partial charge < -0.3 is 10.6 Å². The quantitative estimate of drug-likeness (QED) is 0.822. The van der Waals surface area contributed by atoms with Gasteiger partial charge in [-0.15, -0.1) is 0 Å². The first-order valence-electron chi connectivity index (χ1n) is 5.86. The first-order chi connectivity index (χ1) is 8.46. The summed E-state index contributed by atoms with van der Waals surface area (Å²) in [6.45, 7) is 2.18. The summed E-state index contributed by atoms with van der Waals surface area (Å²) in [6, 6.07) is 2.72. The molecule has 0 aromatic carbocycles. The second-order valence-corrected chi connectivity index (χ2v) is 6.13. The number of fused-ring (bicyclic) bond motifs is 1. The van der Waals surface area contributed by atoms with Crippen LogP contribution in [0, 0.1) is 11.2 Å². The van der Waals surface area contributed by atoms with Gasteiger partial charge in [-0.3, -0.25) is 4.79 Å². The van der Waals surface area contributed by atoms with Gasteiger partial charge in [0.15, 0.2) is 0 Å². The van der Waals surface area contributed by atoms with Crippen LogP contribution in [-0.4, -0.2) is 23.0 Å². The van der Waals surface area contributed by atoms with E-state index in [9.17, 15) is 9.18 Å². The minimum atomic E-state index is -0.429. The number of pyridine rings is 1. The SMILES string of the molecule is C[C@]12CC1N[C@H](C(=O)Nc1cc(F)cc(Br)n1)C2. The maximum absolute atomic E-state index is 13.1. The lowest BCUT2D eigenvalue weighted by atomic mass is 10.0. The first-order valence-corrected chi connectivity index (χ1v) is 6.66. The highest BCUT2D eigenvalue weighted by Crippen LogP contribution is 2.53. The summed E-state index contributed by atoms with van der Waals surface area (Å²) in [5.41, 5.74) is 0.276. The van der Waals surface area contributed by atoms with Crippen molar-refractivity contribution in [1.82, 2.24) is 10.3 Å². The van der Waals surface area contributed by atoms with Crippen molar-refractivity contribution >= 4 is 27.7 Å². The van der Waals surface area contributed by atoms with Crippen LogP contribution in [0.4, 0.5) is 10.2 Å². The van der Waals surface area contributed by atoms with E-state index >= 15 is 0 Å². The fourth-order valence-electron chi connectivity index (χ4n) is 2.57. The fraction of sp³-hybridized carbons (Fsp3) is 0.500. The molecule has 1 aliphatic heterocycles. The zero-order chi connectivity index (χ0) is 12.9. The molecule has 18 heavy (non-hydrogen) atoms. The molecule has 1 saturated carbocycles. The Hall–Kier alpha value is -1.01. The standard InChI is InChI=1S/C12H13BrFN3O/c1-12-4-7(15-8(12)5-12)11(18)17-10-3-6(14)2-9(13)16-10/h2-3,7-8,15H,4-5H2,1H3,(H,16,17,18)/t7-,8?,12-/m0/s1. The predicted octanol–water partition coefficient (Wildman–Crippen LogP) is 2.06. The normalized spacial score (nSPS) is 33.1. The van der Waals surface area contributed by atoms with Crippen molar-refractivity contribution < 1.29 is 9.18 Å². The number of nitrogens with one attached hydrogen (secondary N) is 2. The topological polar surface area (TPSA) is 54.0 Å². The maximum Gasteiger partial charge on any atom is 0.242 e. The van der Waals surface area contributed by atoms with E-state index in [2.05, 4.69) is 38.5 Å². The summed E-state index contributed by atoms with van der Waals surface area (Å²) in [4.78, 5) is 16.0. The molecule has 1 aliphatic carbocycles. The summed E-state index contributed by atoms with van der Waals surface area (Å²) in [7, 11) is 0. The molecule has 6 heteroatoms. The molecule has 1 amide bonds. The van der Waals surface area contributed by atoms with Crippen LogP contribution in [0.2, 0.25) is 0 Å². The molecule has 1 saturated heterocycles. The van der Waals surface area contributed by atoms with E-state index in [1.165, 1.54) is 12.1 Å². The van der Waals surface area contributed by atoms with Gasteiger partial charge in [-0.05, 0) is 34.2 Å². The molecule has 1 aromatic heterocycles. The van der Waals surface area contributed by atoms with Crippen LogP contribution in [0.5, 0.6) is 0 Å². The number of hydrogen-bond acceptors (Lipinski definition) is 3. The Morgan fingerprint density at radius 3 is 3.00 bits per heavy atom. The van der Waals surface area contributed by atoms with Gasteiger partial charge in [0.05, 0.1) is 6.04 Å². The van der Waals surface area contributed by atoms with Crippen LogP contribution in [0.15, 0.2) is 16.7 Å². The van der Waals surface area contributed by atoms with Crippen LogP contribution in [0.3, 0.4) is 0 Å². The summed E-state index contributed by atoms with van der Waals surface area (Å²) in [6.07, 6.45) is 1.97. The summed E-state index contributed by atoms with van der Waals surface area (Å²) in [5, 5.41) is 5.91. The Morgan fingerprint density at radius 2 is 2.39 bits per heavy atom. The van der Waals surface area contributed by atoms with E-state index in [0.717, 1.165) is 12.8 Å². The van der Waals surface area contributed by atoms with Gasteiger partial charge in [-0.1, -0.05) is 6.92 Å². The molecular weight excluding hydrogens is 301 g/mol. The van der Waals surface area contributed by atoms with Crippen molar-refractivity contribution in [3.8, 4) is 0 Å². The average Bonchev–Trinajstić information content (AvgIpc) is 2.75. The Kier molecular flexibility index (Phi) is 2.67. The number of rotatable bonds is 2. The lowest BCUT2D eigenvalue weighted by Gasteiger charge is -2.14. The van der Waals surface area contributed by atoms with Gasteiger partial charge in [0.25, 0.3) is 0 Å². The molecule has 2 heterocycles. The second-order valence-electron chi connectivity index (χ2n) is 5.32. The molecule has 0 spiro atoms. The van der Waals surface area contributed by atoms with Gasteiger partial charge in [0.2, 0.25) is 5.91 Å². The average molecular weight is 314 g/mol. The Balaban J connectivity index is 1.67. The smallest absolute Gasteiger partial charge is 0.242 e. The van der Waals surface area contributed by atoms with Crippen LogP contribution in [-0.2, 0) is 4.79 Å². The minimum absolute atomic E-state index is 0.145. The maximum atomic E-state index is 13.1. The highest BCUT2D eigenvalue weighted by atomic mass is 79.9. The monoisotopic (exact) mass is 313 g/mol. The van der Waals surface area contributed by atoms with Crippen molar-refractivity contribution in [1.29, 1.82) is 0 Å². The van der Waals surface area contributed by atoms with E-state index in [1.807, 2.05) is 0 Å². The van der Waals surface area contributed by atoms with Crippen molar-refractivity contribution in [2.45, 2.75) is 31.8 Å². The molecule has 1 aromatic rings. The van der Waals surface area contributed by atoms with Gasteiger partial charge >= 0.3 is 0 Å². The van der Waals surface area contributed by atoms with E-state index in [0.29, 0.717) is 10.6 Å². The number of piperidine rings is 1. The molecule has 2 fully saturated rings. The molecule has 1 unspecified atom stereocenters. The van der Waals surface area contributed by atoms with E-state index in [-0.39, 0.29) is 23.2 Å². The van der Waals surface area contributed by atoms with E-state index in [4.69, 9.17) is 0 Å². The molecule has 0 radical (unpaired) electrons. The van der Waals surface area contributed by atoms with Crippen molar-refractivity contribution in [3.05, 3.63) is 22.6 Å². The van der Waals surface area contributed by atoms with Gasteiger partial charge in [0.1, 0.15) is 16.2 Å². The lowest BCUT2D eigenvalue weighted by molar-refractivity contribution is -0.118. The number of nitrogens with zero attached hydrogens (tertiary/aromatic N) is 1. The number of hydrogen-bond donors (Lipinski definition) is 2. The van der Waals surface area contributed by atoms with E-state index < -0.39 is 5.82 Å². The van der Waals surface area contributed by atoms with Gasteiger partial charge in [-0.2, -0.15) is 0 Å². The lowest BCUT2D eigenvalue weighted by Crippen LogP contribution is -2.38. The molecular formula is C12H13BrFN3O. The van der Waals surface area contributed by atoms with Crippen molar-refractivity contribution in [3.63, 3.8) is 0 Å². The van der Waals surface area contributed by atoms with Gasteiger partial charge in [0, 0.05) is 18.2 Å². The van der Waals surface area contributed by atoms with Crippen molar-refractivity contribution in [2.75, 3.05) is 5.32 Å². The third-order valence-electron chi connectivity index (χ3n) is 3.75. The third-order valence-corrected chi connectivity index (χ3v) is 4.16. The largest absolute Gasteiger partial charge is 0.309 e. The zero-order valence-corrected chi connectivity index (χ0v) is 11.4. The fourth-order valence-corrected chi connectivity index (χ4v) is 2.98. The molecule has 0 bridgehead atoms.